The Morgan fingerprint density at radius 2 is 1.92 bits per heavy atom. The molecule has 2 saturated heterocycles. The van der Waals surface area contributed by atoms with Crippen LogP contribution in [0.15, 0.2) is 55.0 Å². The largest absolute Gasteiger partial charge is 0.488 e. The van der Waals surface area contributed by atoms with Gasteiger partial charge in [-0.1, -0.05) is 6.07 Å². The van der Waals surface area contributed by atoms with Gasteiger partial charge in [-0.3, -0.25) is 4.98 Å². The number of hydrogen-bond acceptors (Lipinski definition) is 9. The number of anilines is 2. The highest BCUT2D eigenvalue weighted by molar-refractivity contribution is 7.71. The van der Waals surface area contributed by atoms with Crippen LogP contribution in [-0.2, 0) is 21.2 Å². The van der Waals surface area contributed by atoms with Crippen LogP contribution in [0.2, 0.25) is 0 Å². The topological polar surface area (TPSA) is 120 Å². The van der Waals surface area contributed by atoms with Crippen molar-refractivity contribution in [1.82, 2.24) is 24.9 Å². The van der Waals surface area contributed by atoms with Crippen molar-refractivity contribution in [1.29, 1.82) is 0 Å². The van der Waals surface area contributed by atoms with E-state index in [9.17, 15) is 8.42 Å². The molecule has 2 aliphatic rings. The summed E-state index contributed by atoms with van der Waals surface area (Å²) in [6.45, 7) is 3.43. The maximum Gasteiger partial charge on any atom is 0.154 e. The van der Waals surface area contributed by atoms with E-state index in [4.69, 9.17) is 9.47 Å². The van der Waals surface area contributed by atoms with E-state index in [1.807, 2.05) is 31.5 Å². The summed E-state index contributed by atoms with van der Waals surface area (Å²) >= 11 is 0. The second kappa shape index (κ2) is 10.1. The molecule has 0 unspecified atom stereocenters. The summed E-state index contributed by atoms with van der Waals surface area (Å²) < 4.78 is 35.8. The minimum Gasteiger partial charge on any atom is -0.488 e. The van der Waals surface area contributed by atoms with Gasteiger partial charge in [0.25, 0.3) is 0 Å². The lowest BCUT2D eigenvalue weighted by Crippen LogP contribution is -2.56. The number of piperidine rings is 1. The van der Waals surface area contributed by atoms with E-state index in [2.05, 4.69) is 37.8 Å². The van der Waals surface area contributed by atoms with E-state index in [1.54, 1.807) is 22.8 Å². The van der Waals surface area contributed by atoms with Crippen molar-refractivity contribution in [2.45, 2.75) is 43.7 Å². The average molecular weight is 521 g/mol. The molecule has 2 fully saturated rings. The highest BCUT2D eigenvalue weighted by atomic mass is 32.2. The first-order valence-corrected chi connectivity index (χ1v) is 13.7. The summed E-state index contributed by atoms with van der Waals surface area (Å²) in [6, 6.07) is 12.2. The van der Waals surface area contributed by atoms with Crippen molar-refractivity contribution in [3.8, 4) is 16.9 Å². The fourth-order valence-corrected chi connectivity index (χ4v) is 5.51. The van der Waals surface area contributed by atoms with Crippen LogP contribution >= 0.6 is 0 Å². The Morgan fingerprint density at radius 1 is 1.08 bits per heavy atom. The summed E-state index contributed by atoms with van der Waals surface area (Å²) in [7, 11) is -2.48. The van der Waals surface area contributed by atoms with Crippen LogP contribution in [-0.4, -0.2) is 59.4 Å². The number of aryl methyl sites for hydroxylation is 1. The molecule has 0 aliphatic carbocycles. The maximum atomic E-state index is 10.9. The first-order chi connectivity index (χ1) is 18.0. The average Bonchev–Trinajstić information content (AvgIpc) is 3.27. The molecule has 2 aliphatic heterocycles. The monoisotopic (exact) mass is 520 g/mol. The Labute approximate surface area is 216 Å². The number of pyridine rings is 3. The lowest BCUT2D eigenvalue weighted by Gasteiger charge is -2.40. The Morgan fingerprint density at radius 3 is 2.68 bits per heavy atom. The molecule has 192 valence electrons. The van der Waals surface area contributed by atoms with Gasteiger partial charge in [0.15, 0.2) is 5.82 Å². The minimum absolute atomic E-state index is 0.0207. The number of hydrogen-bond donors (Lipinski definition) is 3. The fourth-order valence-electron chi connectivity index (χ4n) is 5.02. The van der Waals surface area contributed by atoms with Gasteiger partial charge in [-0.25, -0.2) is 17.9 Å². The number of thiol groups is 1. The summed E-state index contributed by atoms with van der Waals surface area (Å²) in [5, 5.41) is 11.4. The van der Waals surface area contributed by atoms with Crippen LogP contribution in [0.25, 0.3) is 16.6 Å². The highest BCUT2D eigenvalue weighted by Crippen LogP contribution is 2.34. The molecule has 0 saturated carbocycles. The predicted octanol–water partition coefficient (Wildman–Crippen LogP) is 2.85. The molecular weight excluding hydrogens is 492 g/mol. The molecule has 2 bridgehead atoms. The first kappa shape index (κ1) is 23.8. The van der Waals surface area contributed by atoms with Crippen molar-refractivity contribution >= 4 is 27.9 Å². The molecule has 0 spiro atoms. The van der Waals surface area contributed by atoms with Crippen LogP contribution in [0.4, 0.5) is 11.6 Å². The third-order valence-corrected chi connectivity index (χ3v) is 7.29. The summed E-state index contributed by atoms with van der Waals surface area (Å²) in [5.74, 6) is 1.99. The molecule has 0 radical (unpaired) electrons. The van der Waals surface area contributed by atoms with Crippen LogP contribution in [0.5, 0.6) is 5.75 Å². The SMILES string of the molecule is Cc1cc(-c2ccn3nc(Nc4ccc(C[SH](=O)=O)cn4)cc3c2)c(O[C@H]2C[C@H]3COC[C@@H](C2)N3)cn1. The van der Waals surface area contributed by atoms with Gasteiger partial charge >= 0.3 is 0 Å². The van der Waals surface area contributed by atoms with Crippen LogP contribution in [0.3, 0.4) is 0 Å². The third-order valence-electron chi connectivity index (χ3n) is 6.67. The molecule has 6 heterocycles. The molecule has 4 aromatic rings. The van der Waals surface area contributed by atoms with E-state index in [-0.39, 0.29) is 11.9 Å². The van der Waals surface area contributed by atoms with Crippen molar-refractivity contribution in [3.05, 3.63) is 66.2 Å². The fraction of sp³-hybridized carbons (Fsp3) is 0.346. The number of morpholine rings is 1. The van der Waals surface area contributed by atoms with Gasteiger partial charge in [0.2, 0.25) is 0 Å². The van der Waals surface area contributed by atoms with E-state index >= 15 is 0 Å². The van der Waals surface area contributed by atoms with Gasteiger partial charge in [-0.15, -0.1) is 0 Å². The zero-order valence-electron chi connectivity index (χ0n) is 20.3. The molecule has 3 atom stereocenters. The van der Waals surface area contributed by atoms with E-state index in [1.165, 1.54) is 0 Å². The quantitative estimate of drug-likeness (QED) is 0.316. The van der Waals surface area contributed by atoms with E-state index in [0.717, 1.165) is 54.1 Å². The van der Waals surface area contributed by atoms with Gasteiger partial charge in [0.1, 0.15) is 28.4 Å². The number of fused-ring (bicyclic) bond motifs is 3. The molecule has 37 heavy (non-hydrogen) atoms. The molecule has 4 aromatic heterocycles. The minimum atomic E-state index is -2.48. The van der Waals surface area contributed by atoms with Gasteiger partial charge in [0, 0.05) is 54.6 Å². The Balaban J connectivity index is 1.23. The summed E-state index contributed by atoms with van der Waals surface area (Å²) in [6.07, 6.45) is 7.23. The van der Waals surface area contributed by atoms with E-state index in [0.29, 0.717) is 29.3 Å². The number of aromatic nitrogens is 4. The second-order valence-electron chi connectivity index (χ2n) is 9.61. The van der Waals surface area contributed by atoms with Crippen molar-refractivity contribution in [2.24, 2.45) is 0 Å². The van der Waals surface area contributed by atoms with Gasteiger partial charge in [-0.05, 0) is 42.3 Å². The molecule has 2 N–H and O–H groups in total. The van der Waals surface area contributed by atoms with Crippen LogP contribution in [0, 0.1) is 6.92 Å². The molecule has 0 aromatic carbocycles. The Bertz CT molecular complexity index is 1480. The normalized spacial score (nSPS) is 21.3. The number of nitrogens with zero attached hydrogens (tertiary/aromatic N) is 4. The predicted molar refractivity (Wildman–Crippen MR) is 140 cm³/mol. The maximum absolute atomic E-state index is 10.9. The molecule has 6 rings (SSSR count). The third kappa shape index (κ3) is 5.43. The molecule has 0 amide bonds. The van der Waals surface area contributed by atoms with Gasteiger partial charge in [0.05, 0.1) is 30.7 Å². The Hall–Kier alpha value is -3.54. The smallest absolute Gasteiger partial charge is 0.154 e. The zero-order valence-corrected chi connectivity index (χ0v) is 21.2. The standard InChI is InChI=1S/C26H28N6O4S/c1-16-6-23(24(12-27-16)36-22-8-19-13-35-14-20(9-22)29-19)18-4-5-32-21(7-18)10-26(31-32)30-25-3-2-17(11-28-25)15-37(33)34/h2-7,10-12,19-20,22,29,37H,8-9,13-15H2,1H3,(H,28,30,31)/t19-,20+,22-. The lowest BCUT2D eigenvalue weighted by atomic mass is 9.94. The molecular formula is C26H28N6O4S. The number of ether oxygens (including phenoxy) is 2. The lowest BCUT2D eigenvalue weighted by molar-refractivity contribution is -0.0122. The Kier molecular flexibility index (Phi) is 6.49. The van der Waals surface area contributed by atoms with Crippen LogP contribution in [0.1, 0.15) is 24.1 Å². The zero-order chi connectivity index (χ0) is 25.4. The first-order valence-electron chi connectivity index (χ1n) is 12.3. The second-order valence-corrected chi connectivity index (χ2v) is 10.6. The summed E-state index contributed by atoms with van der Waals surface area (Å²) in [5.41, 5.74) is 4.50. The number of rotatable bonds is 7. The summed E-state index contributed by atoms with van der Waals surface area (Å²) in [4.78, 5) is 8.80. The van der Waals surface area contributed by atoms with Gasteiger partial charge < -0.3 is 20.1 Å². The van der Waals surface area contributed by atoms with E-state index < -0.39 is 10.7 Å². The number of nitrogens with one attached hydrogen (secondary N) is 2. The highest BCUT2D eigenvalue weighted by Gasteiger charge is 2.33. The molecule has 10 nitrogen and oxygen atoms in total. The van der Waals surface area contributed by atoms with Crippen molar-refractivity contribution < 1.29 is 17.9 Å². The van der Waals surface area contributed by atoms with Crippen molar-refractivity contribution in [2.75, 3.05) is 18.5 Å². The molecule has 11 heteroatoms. The van der Waals surface area contributed by atoms with Gasteiger partial charge in [-0.2, -0.15) is 5.10 Å². The van der Waals surface area contributed by atoms with Crippen LogP contribution < -0.4 is 15.4 Å². The van der Waals surface area contributed by atoms with Crippen molar-refractivity contribution in [3.63, 3.8) is 0 Å².